The second kappa shape index (κ2) is 7.53. The molecule has 0 atom stereocenters. The van der Waals surface area contributed by atoms with Crippen LogP contribution in [0.4, 0.5) is 10.5 Å². The van der Waals surface area contributed by atoms with Crippen LogP contribution in [0.1, 0.15) is 12.7 Å². The van der Waals surface area contributed by atoms with Gasteiger partial charge in [0.05, 0.1) is 17.3 Å². The summed E-state index contributed by atoms with van der Waals surface area (Å²) in [6, 6.07) is 7.73. The average molecular weight is 349 g/mol. The molecule has 0 spiro atoms. The Kier molecular flexibility index (Phi) is 5.20. The Balaban J connectivity index is 1.51. The maximum absolute atomic E-state index is 12.3. The van der Waals surface area contributed by atoms with E-state index in [0.29, 0.717) is 19.6 Å². The lowest BCUT2D eigenvalue weighted by atomic mass is 10.2. The molecule has 0 unspecified atom stereocenters. The molecule has 0 aliphatic carbocycles. The number of hydrogen-bond acceptors (Lipinski definition) is 4. The van der Waals surface area contributed by atoms with Crippen LogP contribution in [-0.4, -0.2) is 51.9 Å². The van der Waals surface area contributed by atoms with Crippen molar-refractivity contribution in [3.8, 4) is 0 Å². The highest BCUT2D eigenvalue weighted by molar-refractivity contribution is 6.33. The Hall–Kier alpha value is -2.28. The number of piperazine rings is 1. The molecule has 1 N–H and O–H groups in total. The van der Waals surface area contributed by atoms with E-state index in [4.69, 9.17) is 11.6 Å². The van der Waals surface area contributed by atoms with Crippen molar-refractivity contribution in [3.63, 3.8) is 0 Å². The van der Waals surface area contributed by atoms with Crippen LogP contribution in [0.2, 0.25) is 5.02 Å². The molecule has 1 aliphatic rings. The van der Waals surface area contributed by atoms with Crippen molar-refractivity contribution < 1.29 is 4.79 Å². The van der Waals surface area contributed by atoms with Crippen LogP contribution < -0.4 is 10.2 Å². The smallest absolute Gasteiger partial charge is 0.317 e. The van der Waals surface area contributed by atoms with Crippen LogP contribution in [0.15, 0.2) is 30.6 Å². The summed E-state index contributed by atoms with van der Waals surface area (Å²) < 4.78 is 1.91. The van der Waals surface area contributed by atoms with Crippen molar-refractivity contribution in [2.24, 2.45) is 0 Å². The van der Waals surface area contributed by atoms with Gasteiger partial charge in [0.25, 0.3) is 0 Å². The number of urea groups is 1. The summed E-state index contributed by atoms with van der Waals surface area (Å²) in [4.78, 5) is 16.3. The van der Waals surface area contributed by atoms with Crippen LogP contribution in [0.3, 0.4) is 0 Å². The minimum absolute atomic E-state index is 0.0699. The summed E-state index contributed by atoms with van der Waals surface area (Å²) in [5.74, 6) is 0.764. The number of halogens is 1. The molecule has 8 heteroatoms. The first-order chi connectivity index (χ1) is 11.7. The van der Waals surface area contributed by atoms with Crippen molar-refractivity contribution in [2.75, 3.05) is 31.1 Å². The van der Waals surface area contributed by atoms with Gasteiger partial charge in [-0.1, -0.05) is 23.7 Å². The summed E-state index contributed by atoms with van der Waals surface area (Å²) in [5, 5.41) is 11.5. The normalized spacial score (nSPS) is 14.8. The lowest BCUT2D eigenvalue weighted by molar-refractivity contribution is 0.193. The fraction of sp³-hybridized carbons (Fsp3) is 0.438. The van der Waals surface area contributed by atoms with Gasteiger partial charge in [-0.2, -0.15) is 0 Å². The number of nitrogens with one attached hydrogen (secondary N) is 1. The molecule has 1 saturated heterocycles. The zero-order chi connectivity index (χ0) is 16.9. The number of amides is 2. The second-order valence-corrected chi connectivity index (χ2v) is 6.02. The molecule has 2 heterocycles. The standard InChI is InChI=1S/C16H21ClN6O/c1-2-21-12-19-20-15(21)11-18-16(24)23-9-7-22(8-10-23)14-6-4-3-5-13(14)17/h3-6,12H,2,7-11H2,1H3,(H,18,24). The first-order valence-corrected chi connectivity index (χ1v) is 8.45. The van der Waals surface area contributed by atoms with E-state index in [1.807, 2.05) is 40.7 Å². The van der Waals surface area contributed by atoms with E-state index in [1.165, 1.54) is 0 Å². The molecular weight excluding hydrogens is 328 g/mol. The topological polar surface area (TPSA) is 66.3 Å². The Morgan fingerprint density at radius 3 is 2.71 bits per heavy atom. The van der Waals surface area contributed by atoms with Gasteiger partial charge in [0.1, 0.15) is 6.33 Å². The summed E-state index contributed by atoms with van der Waals surface area (Å²) in [6.45, 7) is 6.05. The van der Waals surface area contributed by atoms with Gasteiger partial charge in [0.2, 0.25) is 0 Å². The number of aryl methyl sites for hydroxylation is 1. The lowest BCUT2D eigenvalue weighted by Gasteiger charge is -2.36. The Labute approximate surface area is 146 Å². The number of benzene rings is 1. The lowest BCUT2D eigenvalue weighted by Crippen LogP contribution is -2.51. The number of carbonyl (C=O) groups excluding carboxylic acids is 1. The van der Waals surface area contributed by atoms with Crippen LogP contribution in [0, 0.1) is 0 Å². The van der Waals surface area contributed by atoms with Gasteiger partial charge < -0.3 is 19.7 Å². The third-order valence-corrected chi connectivity index (χ3v) is 4.51. The first kappa shape index (κ1) is 16.6. The monoisotopic (exact) mass is 348 g/mol. The molecule has 2 amide bonds. The molecule has 1 fully saturated rings. The number of carbonyl (C=O) groups is 1. The Morgan fingerprint density at radius 2 is 2.00 bits per heavy atom. The number of para-hydroxylation sites is 1. The molecule has 0 radical (unpaired) electrons. The summed E-state index contributed by atoms with van der Waals surface area (Å²) in [7, 11) is 0. The Morgan fingerprint density at radius 1 is 1.25 bits per heavy atom. The average Bonchev–Trinajstić information content (AvgIpc) is 3.08. The van der Waals surface area contributed by atoms with Crippen LogP contribution in [0.5, 0.6) is 0 Å². The van der Waals surface area contributed by atoms with Crippen molar-refractivity contribution in [2.45, 2.75) is 20.0 Å². The van der Waals surface area contributed by atoms with E-state index >= 15 is 0 Å². The molecule has 1 aromatic heterocycles. The molecule has 24 heavy (non-hydrogen) atoms. The molecule has 1 aliphatic heterocycles. The van der Waals surface area contributed by atoms with E-state index in [-0.39, 0.29) is 6.03 Å². The SMILES string of the molecule is CCn1cnnc1CNC(=O)N1CCN(c2ccccc2Cl)CC1. The maximum Gasteiger partial charge on any atom is 0.317 e. The van der Waals surface area contributed by atoms with Gasteiger partial charge in [-0.15, -0.1) is 10.2 Å². The van der Waals surface area contributed by atoms with Crippen LogP contribution in [-0.2, 0) is 13.1 Å². The molecule has 7 nitrogen and oxygen atoms in total. The predicted octanol–water partition coefficient (Wildman–Crippen LogP) is 1.98. The second-order valence-electron chi connectivity index (χ2n) is 5.62. The van der Waals surface area contributed by atoms with Gasteiger partial charge in [0, 0.05) is 32.7 Å². The van der Waals surface area contributed by atoms with Gasteiger partial charge in [-0.05, 0) is 19.1 Å². The minimum atomic E-state index is -0.0699. The summed E-state index contributed by atoms with van der Waals surface area (Å²) >= 11 is 6.24. The zero-order valence-corrected chi connectivity index (χ0v) is 14.4. The van der Waals surface area contributed by atoms with Crippen molar-refractivity contribution in [3.05, 3.63) is 41.4 Å². The van der Waals surface area contributed by atoms with Crippen molar-refractivity contribution in [1.29, 1.82) is 0 Å². The Bertz CT molecular complexity index is 695. The van der Waals surface area contributed by atoms with E-state index in [1.54, 1.807) is 6.33 Å². The van der Waals surface area contributed by atoms with Gasteiger partial charge in [-0.3, -0.25) is 0 Å². The number of anilines is 1. The number of hydrogen-bond donors (Lipinski definition) is 1. The molecule has 0 bridgehead atoms. The minimum Gasteiger partial charge on any atom is -0.367 e. The zero-order valence-electron chi connectivity index (χ0n) is 13.7. The fourth-order valence-electron chi connectivity index (χ4n) is 2.81. The van der Waals surface area contributed by atoms with E-state index in [0.717, 1.165) is 36.2 Å². The van der Waals surface area contributed by atoms with Crippen LogP contribution in [0.25, 0.3) is 0 Å². The maximum atomic E-state index is 12.3. The molecule has 1 aromatic carbocycles. The number of nitrogens with zero attached hydrogens (tertiary/aromatic N) is 5. The van der Waals surface area contributed by atoms with Crippen molar-refractivity contribution >= 4 is 23.3 Å². The number of aromatic nitrogens is 3. The molecular formula is C16H21ClN6O. The van der Waals surface area contributed by atoms with Crippen LogP contribution >= 0.6 is 11.6 Å². The van der Waals surface area contributed by atoms with E-state index in [2.05, 4.69) is 20.4 Å². The van der Waals surface area contributed by atoms with E-state index < -0.39 is 0 Å². The van der Waals surface area contributed by atoms with Crippen molar-refractivity contribution in [1.82, 2.24) is 25.0 Å². The van der Waals surface area contributed by atoms with Gasteiger partial charge in [-0.25, -0.2) is 4.79 Å². The molecule has 0 saturated carbocycles. The van der Waals surface area contributed by atoms with Gasteiger partial charge >= 0.3 is 6.03 Å². The number of rotatable bonds is 4. The first-order valence-electron chi connectivity index (χ1n) is 8.08. The third kappa shape index (κ3) is 3.62. The van der Waals surface area contributed by atoms with E-state index in [9.17, 15) is 4.79 Å². The highest BCUT2D eigenvalue weighted by Crippen LogP contribution is 2.25. The quantitative estimate of drug-likeness (QED) is 0.917. The largest absolute Gasteiger partial charge is 0.367 e. The molecule has 128 valence electrons. The summed E-state index contributed by atoms with van der Waals surface area (Å²) in [6.07, 6.45) is 1.67. The molecule has 3 rings (SSSR count). The molecule has 2 aromatic rings. The summed E-state index contributed by atoms with van der Waals surface area (Å²) in [5.41, 5.74) is 1.02. The third-order valence-electron chi connectivity index (χ3n) is 4.19. The highest BCUT2D eigenvalue weighted by Gasteiger charge is 2.22. The predicted molar refractivity (Wildman–Crippen MR) is 93.2 cm³/mol. The highest BCUT2D eigenvalue weighted by atomic mass is 35.5. The van der Waals surface area contributed by atoms with Gasteiger partial charge in [0.15, 0.2) is 5.82 Å². The fourth-order valence-corrected chi connectivity index (χ4v) is 3.06.